The number of carbonyl (C=O) groups is 3. The number of nitrogens with zero attached hydrogens (tertiary/aromatic N) is 3. The number of fused-ring (bicyclic) bond motifs is 5. The van der Waals surface area contributed by atoms with Crippen LogP contribution in [-0.4, -0.2) is 39.4 Å². The minimum Gasteiger partial charge on any atom is -0.299 e. The highest BCUT2D eigenvalue weighted by atomic mass is 35.5. The standard InChI is InChI=1S/C20H17ClN4O3S2/c21-13-5-1-10(2-6-13)9-29-20-24-23-19(30-20)22-14(26)8-25-17(27)15-11-3-4-12(7-11)16(15)18(25)28/h1-6,11-12,15-16H,7-9H2,(H,22,23,26)/t11-,12+,15+,16-. The van der Waals surface area contributed by atoms with E-state index in [1.165, 1.54) is 23.1 Å². The number of benzene rings is 1. The molecule has 2 fully saturated rings. The zero-order valence-corrected chi connectivity index (χ0v) is 18.0. The minimum absolute atomic E-state index is 0.132. The molecule has 30 heavy (non-hydrogen) atoms. The lowest BCUT2D eigenvalue weighted by atomic mass is 9.85. The summed E-state index contributed by atoms with van der Waals surface area (Å²) < 4.78 is 0.714. The number of halogens is 1. The van der Waals surface area contributed by atoms with Crippen LogP contribution in [0.15, 0.2) is 40.8 Å². The molecule has 4 atom stereocenters. The van der Waals surface area contributed by atoms with Gasteiger partial charge in [-0.2, -0.15) is 0 Å². The van der Waals surface area contributed by atoms with Gasteiger partial charge in [-0.05, 0) is 36.0 Å². The average Bonchev–Trinajstić information content (AvgIpc) is 3.49. The van der Waals surface area contributed by atoms with Gasteiger partial charge in [0.2, 0.25) is 22.9 Å². The van der Waals surface area contributed by atoms with E-state index in [1.54, 1.807) is 0 Å². The molecule has 1 aliphatic heterocycles. The first-order valence-electron chi connectivity index (χ1n) is 9.54. The average molecular weight is 461 g/mol. The van der Waals surface area contributed by atoms with Gasteiger partial charge in [0.25, 0.3) is 0 Å². The number of thioether (sulfide) groups is 1. The molecule has 5 rings (SSSR count). The second-order valence-electron chi connectivity index (χ2n) is 7.60. The quantitative estimate of drug-likeness (QED) is 0.308. The minimum atomic E-state index is -0.442. The molecule has 1 N–H and O–H groups in total. The van der Waals surface area contributed by atoms with Crippen molar-refractivity contribution in [3.63, 3.8) is 0 Å². The summed E-state index contributed by atoms with van der Waals surface area (Å²) in [6, 6.07) is 7.56. The zero-order chi connectivity index (χ0) is 20.8. The third-order valence-corrected chi connectivity index (χ3v) is 8.09. The number of rotatable bonds is 6. The zero-order valence-electron chi connectivity index (χ0n) is 15.7. The van der Waals surface area contributed by atoms with E-state index in [2.05, 4.69) is 15.5 Å². The number of aromatic nitrogens is 2. The molecule has 2 heterocycles. The number of allylic oxidation sites excluding steroid dienone is 2. The summed E-state index contributed by atoms with van der Waals surface area (Å²) >= 11 is 8.65. The smallest absolute Gasteiger partial charge is 0.246 e. The summed E-state index contributed by atoms with van der Waals surface area (Å²) in [6.07, 6.45) is 4.93. The number of carbonyl (C=O) groups excluding carboxylic acids is 3. The van der Waals surface area contributed by atoms with Gasteiger partial charge in [-0.15, -0.1) is 10.2 Å². The van der Waals surface area contributed by atoms with E-state index >= 15 is 0 Å². The molecule has 2 aliphatic carbocycles. The molecule has 1 saturated heterocycles. The molecule has 1 aromatic carbocycles. The van der Waals surface area contributed by atoms with Gasteiger partial charge in [-0.3, -0.25) is 24.6 Å². The summed E-state index contributed by atoms with van der Waals surface area (Å²) in [5, 5.41) is 11.7. The first kappa shape index (κ1) is 19.7. The fraction of sp³-hybridized carbons (Fsp3) is 0.350. The van der Waals surface area contributed by atoms with E-state index in [0.29, 0.717) is 20.2 Å². The van der Waals surface area contributed by atoms with Crippen LogP contribution >= 0.6 is 34.7 Å². The first-order valence-corrected chi connectivity index (χ1v) is 11.7. The van der Waals surface area contributed by atoms with E-state index in [0.717, 1.165) is 16.9 Å². The van der Waals surface area contributed by atoms with Crippen molar-refractivity contribution >= 4 is 57.6 Å². The second kappa shape index (κ2) is 7.79. The molecule has 7 nitrogen and oxygen atoms in total. The lowest BCUT2D eigenvalue weighted by Crippen LogP contribution is -2.39. The first-order chi connectivity index (χ1) is 14.5. The number of nitrogens with one attached hydrogen (secondary N) is 1. The summed E-state index contributed by atoms with van der Waals surface area (Å²) in [5.41, 5.74) is 1.10. The number of hydrogen-bond acceptors (Lipinski definition) is 7. The topological polar surface area (TPSA) is 92.3 Å². The van der Waals surface area contributed by atoms with Gasteiger partial charge < -0.3 is 0 Å². The van der Waals surface area contributed by atoms with Gasteiger partial charge in [0, 0.05) is 10.8 Å². The molecule has 3 amide bonds. The molecular formula is C20H17ClN4O3S2. The van der Waals surface area contributed by atoms with Crippen molar-refractivity contribution in [3.05, 3.63) is 47.0 Å². The van der Waals surface area contributed by atoms with Crippen molar-refractivity contribution in [2.75, 3.05) is 11.9 Å². The van der Waals surface area contributed by atoms with Crippen LogP contribution < -0.4 is 5.32 Å². The van der Waals surface area contributed by atoms with E-state index in [4.69, 9.17) is 11.6 Å². The Morgan fingerprint density at radius 1 is 1.13 bits per heavy atom. The molecular weight excluding hydrogens is 444 g/mol. The number of hydrogen-bond donors (Lipinski definition) is 1. The molecule has 0 radical (unpaired) electrons. The summed E-state index contributed by atoms with van der Waals surface area (Å²) in [6.45, 7) is -0.281. The van der Waals surface area contributed by atoms with Crippen molar-refractivity contribution in [1.82, 2.24) is 15.1 Å². The maximum atomic E-state index is 12.7. The second-order valence-corrected chi connectivity index (χ2v) is 10.2. The van der Waals surface area contributed by atoms with Crippen LogP contribution in [-0.2, 0) is 20.1 Å². The molecule has 0 spiro atoms. The summed E-state index contributed by atoms with van der Waals surface area (Å²) in [7, 11) is 0. The Morgan fingerprint density at radius 3 is 2.47 bits per heavy atom. The van der Waals surface area contributed by atoms with E-state index < -0.39 is 5.91 Å². The maximum absolute atomic E-state index is 12.7. The Morgan fingerprint density at radius 2 is 1.80 bits per heavy atom. The van der Waals surface area contributed by atoms with Crippen molar-refractivity contribution < 1.29 is 14.4 Å². The highest BCUT2D eigenvalue weighted by Gasteiger charge is 2.59. The van der Waals surface area contributed by atoms with Crippen LogP contribution in [0, 0.1) is 23.7 Å². The van der Waals surface area contributed by atoms with Gasteiger partial charge in [-0.25, -0.2) is 0 Å². The van der Waals surface area contributed by atoms with Crippen LogP contribution in [0.25, 0.3) is 0 Å². The largest absolute Gasteiger partial charge is 0.299 e. The Kier molecular flexibility index (Phi) is 5.12. The maximum Gasteiger partial charge on any atom is 0.246 e. The van der Waals surface area contributed by atoms with Crippen molar-refractivity contribution in [1.29, 1.82) is 0 Å². The van der Waals surface area contributed by atoms with Crippen LogP contribution in [0.3, 0.4) is 0 Å². The highest BCUT2D eigenvalue weighted by molar-refractivity contribution is 8.00. The summed E-state index contributed by atoms with van der Waals surface area (Å²) in [5.74, 6) is -0.518. The SMILES string of the molecule is O=C(CN1C(=O)[C@@H]2[C@H](C1=O)[C@H]1C=C[C@@H]2C1)Nc1nnc(SCc2ccc(Cl)cc2)s1. The van der Waals surface area contributed by atoms with E-state index in [-0.39, 0.29) is 42.0 Å². The normalized spacial score (nSPS) is 26.5. The van der Waals surface area contributed by atoms with E-state index in [9.17, 15) is 14.4 Å². The van der Waals surface area contributed by atoms with Crippen LogP contribution in [0.4, 0.5) is 5.13 Å². The predicted octanol–water partition coefficient (Wildman–Crippen LogP) is 3.23. The van der Waals surface area contributed by atoms with Crippen molar-refractivity contribution in [2.45, 2.75) is 16.5 Å². The summed E-state index contributed by atoms with van der Waals surface area (Å²) in [4.78, 5) is 38.9. The molecule has 2 aromatic rings. The molecule has 3 aliphatic rings. The van der Waals surface area contributed by atoms with Gasteiger partial charge in [0.05, 0.1) is 11.8 Å². The van der Waals surface area contributed by atoms with Gasteiger partial charge >= 0.3 is 0 Å². The molecule has 1 aromatic heterocycles. The molecule has 10 heteroatoms. The number of amides is 3. The molecule has 154 valence electrons. The fourth-order valence-corrected chi connectivity index (χ4v) is 6.32. The Bertz CT molecular complexity index is 1020. The number of imide groups is 1. The molecule has 1 saturated carbocycles. The number of likely N-dealkylation sites (tertiary alicyclic amines) is 1. The third kappa shape index (κ3) is 3.55. The van der Waals surface area contributed by atoms with Crippen molar-refractivity contribution in [3.8, 4) is 0 Å². The van der Waals surface area contributed by atoms with Crippen molar-refractivity contribution in [2.24, 2.45) is 23.7 Å². The van der Waals surface area contributed by atoms with Crippen LogP contribution in [0.2, 0.25) is 5.02 Å². The van der Waals surface area contributed by atoms with Gasteiger partial charge in [0.1, 0.15) is 6.54 Å². The Balaban J connectivity index is 1.16. The predicted molar refractivity (Wildman–Crippen MR) is 114 cm³/mol. The lowest BCUT2D eigenvalue weighted by molar-refractivity contribution is -0.143. The molecule has 0 unspecified atom stereocenters. The monoisotopic (exact) mass is 460 g/mol. The Hall–Kier alpha value is -2.23. The van der Waals surface area contributed by atoms with Gasteiger partial charge in [0.15, 0.2) is 4.34 Å². The number of anilines is 1. The third-order valence-electron chi connectivity index (χ3n) is 5.79. The van der Waals surface area contributed by atoms with Crippen LogP contribution in [0.5, 0.6) is 0 Å². The Labute approximate surface area is 185 Å². The van der Waals surface area contributed by atoms with Gasteiger partial charge in [-0.1, -0.05) is 59.0 Å². The van der Waals surface area contributed by atoms with Crippen LogP contribution in [0.1, 0.15) is 12.0 Å². The highest BCUT2D eigenvalue weighted by Crippen LogP contribution is 2.52. The fourth-order valence-electron chi connectivity index (χ4n) is 4.47. The van der Waals surface area contributed by atoms with E-state index in [1.807, 2.05) is 36.4 Å². The molecule has 2 bridgehead atoms. The lowest BCUT2D eigenvalue weighted by Gasteiger charge is -2.16.